The summed E-state index contributed by atoms with van der Waals surface area (Å²) >= 11 is 11.8. The lowest BCUT2D eigenvalue weighted by Gasteiger charge is -2.36. The van der Waals surface area contributed by atoms with Gasteiger partial charge in [-0.2, -0.15) is 0 Å². The summed E-state index contributed by atoms with van der Waals surface area (Å²) in [6.45, 7) is 0.256. The van der Waals surface area contributed by atoms with Gasteiger partial charge in [0.05, 0.1) is 21.9 Å². The topological polar surface area (TPSA) is 92.8 Å². The maximum Gasteiger partial charge on any atom is 0.288 e. The summed E-state index contributed by atoms with van der Waals surface area (Å²) in [5, 5.41) is 22.3. The zero-order valence-electron chi connectivity index (χ0n) is 25.1. The molecule has 2 unspecified atom stereocenters. The Bertz CT molecular complexity index is 1890. The Hall–Kier alpha value is -4.56. The number of nitrogens with zero attached hydrogens (tertiary/aromatic N) is 4. The summed E-state index contributed by atoms with van der Waals surface area (Å²) in [7, 11) is 0. The molecule has 0 N–H and O–H groups in total. The van der Waals surface area contributed by atoms with Crippen LogP contribution in [-0.2, 0) is 0 Å². The van der Waals surface area contributed by atoms with Crippen LogP contribution >= 0.6 is 23.2 Å². The molecule has 2 aliphatic heterocycles. The standard InChI is InChI=1S/C33H24Cl2F6N4O4/c34-22-14-25(38)20(12-31(22)44(46)47)29-3-4-30(21-13-32(45(48)49)23(35)15-26(21)39)43(29)18-10-27(40)33(28(41)11-18)42-7-5-16(6-8-42)19-2-1-17(36)9-24(19)37/h1-2,9-16,29-30H,3-8H2. The van der Waals surface area contributed by atoms with Crippen LogP contribution in [0.3, 0.4) is 0 Å². The quantitative estimate of drug-likeness (QED) is 0.107. The molecule has 256 valence electrons. The van der Waals surface area contributed by atoms with E-state index in [9.17, 15) is 29.0 Å². The maximum atomic E-state index is 16.0. The molecule has 2 atom stereocenters. The summed E-state index contributed by atoms with van der Waals surface area (Å²) in [5.74, 6) is -5.74. The molecule has 2 fully saturated rings. The van der Waals surface area contributed by atoms with E-state index in [1.165, 1.54) is 15.9 Å². The Morgan fingerprint density at radius 2 is 1.08 bits per heavy atom. The van der Waals surface area contributed by atoms with Crippen LogP contribution in [0.4, 0.5) is 49.1 Å². The first-order chi connectivity index (χ1) is 23.2. The van der Waals surface area contributed by atoms with E-state index in [1.807, 2.05) is 0 Å². The fourth-order valence-electron chi connectivity index (χ4n) is 6.93. The average Bonchev–Trinajstić information content (AvgIpc) is 3.45. The molecule has 4 aromatic rings. The normalized spacial score (nSPS) is 18.3. The van der Waals surface area contributed by atoms with Crippen LogP contribution in [0.1, 0.15) is 60.4 Å². The highest BCUT2D eigenvalue weighted by Gasteiger charge is 2.41. The van der Waals surface area contributed by atoms with Gasteiger partial charge in [0.2, 0.25) is 0 Å². The van der Waals surface area contributed by atoms with E-state index in [-0.39, 0.29) is 48.7 Å². The van der Waals surface area contributed by atoms with E-state index in [4.69, 9.17) is 23.2 Å². The minimum absolute atomic E-state index is 0.00527. The molecule has 0 spiro atoms. The molecular formula is C33H24Cl2F6N4O4. The fourth-order valence-corrected chi connectivity index (χ4v) is 7.37. The number of benzene rings is 4. The van der Waals surface area contributed by atoms with Gasteiger partial charge in [-0.1, -0.05) is 29.3 Å². The molecule has 49 heavy (non-hydrogen) atoms. The lowest BCUT2D eigenvalue weighted by Crippen LogP contribution is -2.34. The molecule has 0 saturated carbocycles. The molecule has 4 aromatic carbocycles. The second-order valence-corrected chi connectivity index (χ2v) is 12.7. The van der Waals surface area contributed by atoms with E-state index in [1.54, 1.807) is 0 Å². The molecule has 2 heterocycles. The highest BCUT2D eigenvalue weighted by molar-refractivity contribution is 6.33. The maximum absolute atomic E-state index is 16.0. The van der Waals surface area contributed by atoms with Gasteiger partial charge < -0.3 is 9.80 Å². The Labute approximate surface area is 284 Å². The van der Waals surface area contributed by atoms with Crippen LogP contribution in [0.25, 0.3) is 0 Å². The van der Waals surface area contributed by atoms with Gasteiger partial charge in [-0.25, -0.2) is 26.3 Å². The summed E-state index contributed by atoms with van der Waals surface area (Å²) in [6.07, 6.45) is 0.606. The van der Waals surface area contributed by atoms with E-state index in [0.29, 0.717) is 18.4 Å². The van der Waals surface area contributed by atoms with Crippen molar-refractivity contribution >= 4 is 46.0 Å². The molecule has 2 saturated heterocycles. The van der Waals surface area contributed by atoms with Crippen molar-refractivity contribution in [3.05, 3.63) is 136 Å². The zero-order valence-corrected chi connectivity index (χ0v) is 26.6. The highest BCUT2D eigenvalue weighted by Crippen LogP contribution is 2.51. The van der Waals surface area contributed by atoms with Gasteiger partial charge in [0.1, 0.15) is 39.0 Å². The third-order valence-corrected chi connectivity index (χ3v) is 9.75. The van der Waals surface area contributed by atoms with Gasteiger partial charge in [0, 0.05) is 48.1 Å². The van der Waals surface area contributed by atoms with E-state index in [2.05, 4.69) is 0 Å². The third-order valence-electron chi connectivity index (χ3n) is 9.14. The molecule has 0 aromatic heterocycles. The van der Waals surface area contributed by atoms with Crippen molar-refractivity contribution in [3.8, 4) is 0 Å². The SMILES string of the molecule is O=[N+]([O-])c1cc(C2CCC(c3cc([N+](=O)[O-])c(Cl)cc3F)N2c2cc(F)c(N3CCC(c4ccc(F)cc4F)CC3)c(F)c2)c(F)cc1Cl. The summed E-state index contributed by atoms with van der Waals surface area (Å²) < 4.78 is 90.6. The smallest absolute Gasteiger partial charge is 0.288 e. The fraction of sp³-hybridized carbons (Fsp3) is 0.273. The number of nitro groups is 2. The number of nitro benzene ring substituents is 2. The van der Waals surface area contributed by atoms with Gasteiger partial charge in [0.15, 0.2) is 11.6 Å². The molecule has 8 nitrogen and oxygen atoms in total. The van der Waals surface area contributed by atoms with Crippen LogP contribution in [0.15, 0.2) is 54.6 Å². The molecule has 0 amide bonds. The van der Waals surface area contributed by atoms with Crippen LogP contribution in [-0.4, -0.2) is 22.9 Å². The number of anilines is 2. The number of halogens is 8. The first kappa shape index (κ1) is 34.3. The lowest BCUT2D eigenvalue weighted by atomic mass is 9.89. The van der Waals surface area contributed by atoms with Gasteiger partial charge in [-0.15, -0.1) is 0 Å². The number of hydrogen-bond acceptors (Lipinski definition) is 6. The molecular weight excluding hydrogens is 701 g/mol. The summed E-state index contributed by atoms with van der Waals surface area (Å²) in [6, 6.07) is 6.15. The van der Waals surface area contributed by atoms with Crippen LogP contribution in [0.2, 0.25) is 10.0 Å². The minimum Gasteiger partial charge on any atom is -0.367 e. The molecule has 0 aliphatic carbocycles. The molecule has 16 heteroatoms. The number of hydrogen-bond donors (Lipinski definition) is 0. The van der Waals surface area contributed by atoms with Crippen molar-refractivity contribution in [3.63, 3.8) is 0 Å². The minimum atomic E-state index is -1.15. The predicted octanol–water partition coefficient (Wildman–Crippen LogP) is 10.1. The van der Waals surface area contributed by atoms with E-state index < -0.39 is 83.9 Å². The largest absolute Gasteiger partial charge is 0.367 e. The third kappa shape index (κ3) is 6.46. The van der Waals surface area contributed by atoms with Crippen molar-refractivity contribution in [1.82, 2.24) is 0 Å². The van der Waals surface area contributed by atoms with Crippen LogP contribution < -0.4 is 9.80 Å². The van der Waals surface area contributed by atoms with Crippen molar-refractivity contribution in [2.75, 3.05) is 22.9 Å². The summed E-state index contributed by atoms with van der Waals surface area (Å²) in [4.78, 5) is 24.3. The van der Waals surface area contributed by atoms with E-state index in [0.717, 1.165) is 48.5 Å². The number of rotatable bonds is 7. The Balaban J connectivity index is 1.40. The number of piperidine rings is 1. The Kier molecular flexibility index (Phi) is 9.38. The molecule has 0 radical (unpaired) electrons. The first-order valence-electron chi connectivity index (χ1n) is 15.0. The molecule has 6 rings (SSSR count). The predicted molar refractivity (Wildman–Crippen MR) is 170 cm³/mol. The molecule has 2 aliphatic rings. The van der Waals surface area contributed by atoms with Crippen LogP contribution in [0, 0.1) is 55.1 Å². The van der Waals surface area contributed by atoms with E-state index >= 15 is 17.6 Å². The second-order valence-electron chi connectivity index (χ2n) is 11.9. The Morgan fingerprint density at radius 1 is 0.612 bits per heavy atom. The monoisotopic (exact) mass is 724 g/mol. The Morgan fingerprint density at radius 3 is 1.53 bits per heavy atom. The van der Waals surface area contributed by atoms with Crippen molar-refractivity contribution in [1.29, 1.82) is 0 Å². The first-order valence-corrected chi connectivity index (χ1v) is 15.7. The van der Waals surface area contributed by atoms with Gasteiger partial charge in [0.25, 0.3) is 11.4 Å². The van der Waals surface area contributed by atoms with Gasteiger partial charge in [-0.05, 0) is 67.5 Å². The average molecular weight is 725 g/mol. The van der Waals surface area contributed by atoms with Crippen molar-refractivity contribution in [2.45, 2.75) is 43.7 Å². The van der Waals surface area contributed by atoms with Crippen molar-refractivity contribution < 1.29 is 36.2 Å². The van der Waals surface area contributed by atoms with Gasteiger partial charge in [-0.3, -0.25) is 20.2 Å². The van der Waals surface area contributed by atoms with Crippen molar-refractivity contribution in [2.24, 2.45) is 0 Å². The second kappa shape index (κ2) is 13.4. The van der Waals surface area contributed by atoms with Gasteiger partial charge >= 0.3 is 0 Å². The molecule has 0 bridgehead atoms. The highest BCUT2D eigenvalue weighted by atomic mass is 35.5. The summed E-state index contributed by atoms with van der Waals surface area (Å²) in [5.41, 5.74) is -2.07. The van der Waals surface area contributed by atoms with Crippen LogP contribution in [0.5, 0.6) is 0 Å². The zero-order chi connectivity index (χ0) is 35.3. The lowest BCUT2D eigenvalue weighted by molar-refractivity contribution is -0.384.